The van der Waals surface area contributed by atoms with Gasteiger partial charge in [0.05, 0.1) is 6.61 Å². The fourth-order valence-electron chi connectivity index (χ4n) is 1.79. The highest BCUT2D eigenvalue weighted by Crippen LogP contribution is 2.22. The summed E-state index contributed by atoms with van der Waals surface area (Å²) in [4.78, 5) is 0. The molecule has 0 fully saturated rings. The molecule has 0 amide bonds. The molecule has 3 heteroatoms. The molecule has 2 nitrogen and oxygen atoms in total. The van der Waals surface area contributed by atoms with Crippen molar-refractivity contribution < 1.29 is 4.74 Å². The Hall–Kier alpha value is -0.670. The van der Waals surface area contributed by atoms with E-state index in [0.29, 0.717) is 0 Å². The molecule has 0 bridgehead atoms. The van der Waals surface area contributed by atoms with Crippen molar-refractivity contribution in [3.8, 4) is 5.75 Å². The van der Waals surface area contributed by atoms with Crippen LogP contribution >= 0.6 is 11.8 Å². The van der Waals surface area contributed by atoms with E-state index in [-0.39, 0.29) is 6.04 Å². The number of nitrogens with two attached hydrogens (primary N) is 1. The number of rotatable bonds is 8. The van der Waals surface area contributed by atoms with Gasteiger partial charge >= 0.3 is 0 Å². The average Bonchev–Trinajstić information content (AvgIpc) is 2.36. The van der Waals surface area contributed by atoms with Crippen molar-refractivity contribution in [2.45, 2.75) is 39.7 Å². The largest absolute Gasteiger partial charge is 0.492 e. The second-order valence-electron chi connectivity index (χ2n) is 4.53. The maximum Gasteiger partial charge on any atom is 0.122 e. The minimum atomic E-state index is 0.221. The molecular formula is C15H25NOS. The molecule has 0 aliphatic carbocycles. The van der Waals surface area contributed by atoms with Gasteiger partial charge in [0.2, 0.25) is 0 Å². The number of hydrogen-bond donors (Lipinski definition) is 1. The number of thioether (sulfide) groups is 1. The normalized spacial score (nSPS) is 12.4. The van der Waals surface area contributed by atoms with E-state index in [1.165, 1.54) is 11.1 Å². The number of benzene rings is 1. The quantitative estimate of drug-likeness (QED) is 0.733. The Labute approximate surface area is 115 Å². The van der Waals surface area contributed by atoms with Crippen LogP contribution in [0.15, 0.2) is 18.2 Å². The predicted molar refractivity (Wildman–Crippen MR) is 81.6 cm³/mol. The third-order valence-electron chi connectivity index (χ3n) is 2.91. The lowest BCUT2D eigenvalue weighted by molar-refractivity contribution is 0.339. The summed E-state index contributed by atoms with van der Waals surface area (Å²) in [5, 5.41) is 0. The molecule has 1 atom stereocenters. The first-order valence-electron chi connectivity index (χ1n) is 6.73. The maximum absolute atomic E-state index is 6.04. The fraction of sp³-hybridized carbons (Fsp3) is 0.600. The molecule has 0 saturated carbocycles. The van der Waals surface area contributed by atoms with E-state index in [1.54, 1.807) is 0 Å². The number of ether oxygens (including phenoxy) is 1. The summed E-state index contributed by atoms with van der Waals surface area (Å²) in [6, 6.07) is 6.59. The Bertz CT molecular complexity index is 354. The molecule has 0 saturated heterocycles. The molecule has 2 N–H and O–H groups in total. The first kappa shape index (κ1) is 15.4. The van der Waals surface area contributed by atoms with Crippen molar-refractivity contribution >= 4 is 11.8 Å². The smallest absolute Gasteiger partial charge is 0.122 e. The van der Waals surface area contributed by atoms with Crippen molar-refractivity contribution in [3.05, 3.63) is 29.3 Å². The summed E-state index contributed by atoms with van der Waals surface area (Å²) in [5.74, 6) is 3.19. The molecule has 1 aromatic carbocycles. The highest BCUT2D eigenvalue weighted by atomic mass is 32.2. The van der Waals surface area contributed by atoms with Crippen LogP contribution in [0.4, 0.5) is 0 Å². The van der Waals surface area contributed by atoms with E-state index in [2.05, 4.69) is 39.0 Å². The number of aryl methyl sites for hydroxylation is 1. The zero-order valence-corrected chi connectivity index (χ0v) is 12.6. The van der Waals surface area contributed by atoms with Gasteiger partial charge in [-0.05, 0) is 37.1 Å². The molecule has 1 rings (SSSR count). The zero-order chi connectivity index (χ0) is 13.4. The third kappa shape index (κ3) is 5.32. The molecule has 102 valence electrons. The van der Waals surface area contributed by atoms with E-state index in [1.807, 2.05) is 11.8 Å². The van der Waals surface area contributed by atoms with E-state index in [4.69, 9.17) is 10.5 Å². The molecule has 0 aliphatic rings. The van der Waals surface area contributed by atoms with Gasteiger partial charge in [-0.2, -0.15) is 11.8 Å². The van der Waals surface area contributed by atoms with Gasteiger partial charge < -0.3 is 10.5 Å². The first-order chi connectivity index (χ1) is 8.67. The topological polar surface area (TPSA) is 35.2 Å². The van der Waals surface area contributed by atoms with Crippen LogP contribution in [0, 0.1) is 6.92 Å². The van der Waals surface area contributed by atoms with Crippen molar-refractivity contribution in [3.63, 3.8) is 0 Å². The van der Waals surface area contributed by atoms with Crippen LogP contribution in [0.1, 0.15) is 31.4 Å². The lowest BCUT2D eigenvalue weighted by Gasteiger charge is -2.15. The van der Waals surface area contributed by atoms with E-state index >= 15 is 0 Å². The van der Waals surface area contributed by atoms with Gasteiger partial charge in [0.15, 0.2) is 0 Å². The van der Waals surface area contributed by atoms with Crippen LogP contribution in [-0.4, -0.2) is 24.2 Å². The standard InChI is InChI=1S/C15H25NOS/c1-4-14(16)11-13-10-12(3)6-7-15(13)17-8-9-18-5-2/h6-7,10,14H,4-5,8-9,11,16H2,1-3H3. The van der Waals surface area contributed by atoms with Crippen LogP contribution < -0.4 is 10.5 Å². The Morgan fingerprint density at radius 1 is 1.33 bits per heavy atom. The van der Waals surface area contributed by atoms with Crippen molar-refractivity contribution in [2.24, 2.45) is 5.73 Å². The Balaban J connectivity index is 2.64. The van der Waals surface area contributed by atoms with Gasteiger partial charge in [-0.3, -0.25) is 0 Å². The Morgan fingerprint density at radius 3 is 2.78 bits per heavy atom. The van der Waals surface area contributed by atoms with Gasteiger partial charge in [0.25, 0.3) is 0 Å². The zero-order valence-electron chi connectivity index (χ0n) is 11.7. The number of hydrogen-bond acceptors (Lipinski definition) is 3. The average molecular weight is 267 g/mol. The second kappa shape index (κ2) is 8.44. The van der Waals surface area contributed by atoms with Crippen LogP contribution in [0.5, 0.6) is 5.75 Å². The van der Waals surface area contributed by atoms with Crippen LogP contribution in [0.3, 0.4) is 0 Å². The van der Waals surface area contributed by atoms with Crippen molar-refractivity contribution in [2.75, 3.05) is 18.1 Å². The van der Waals surface area contributed by atoms with Gasteiger partial charge in [0.1, 0.15) is 5.75 Å². The monoisotopic (exact) mass is 267 g/mol. The van der Waals surface area contributed by atoms with E-state index in [0.717, 1.165) is 36.7 Å². The summed E-state index contributed by atoms with van der Waals surface area (Å²) >= 11 is 1.91. The second-order valence-corrected chi connectivity index (χ2v) is 5.92. The molecule has 0 spiro atoms. The molecule has 0 aliphatic heterocycles. The summed E-state index contributed by atoms with van der Waals surface area (Å²) in [6.07, 6.45) is 1.90. The molecule has 0 heterocycles. The fourth-order valence-corrected chi connectivity index (χ4v) is 2.28. The van der Waals surface area contributed by atoms with Gasteiger partial charge in [-0.15, -0.1) is 0 Å². The van der Waals surface area contributed by atoms with Gasteiger partial charge in [0, 0.05) is 11.8 Å². The summed E-state index contributed by atoms with van der Waals surface area (Å²) in [7, 11) is 0. The Kier molecular flexibility index (Phi) is 7.21. The van der Waals surface area contributed by atoms with Crippen LogP contribution in [0.25, 0.3) is 0 Å². The van der Waals surface area contributed by atoms with Crippen LogP contribution in [-0.2, 0) is 6.42 Å². The summed E-state index contributed by atoms with van der Waals surface area (Å²) < 4.78 is 5.86. The van der Waals surface area contributed by atoms with Crippen molar-refractivity contribution in [1.29, 1.82) is 0 Å². The maximum atomic E-state index is 6.04. The molecule has 18 heavy (non-hydrogen) atoms. The third-order valence-corrected chi connectivity index (χ3v) is 3.78. The minimum absolute atomic E-state index is 0.221. The van der Waals surface area contributed by atoms with Gasteiger partial charge in [-0.25, -0.2) is 0 Å². The Morgan fingerprint density at radius 2 is 2.11 bits per heavy atom. The minimum Gasteiger partial charge on any atom is -0.492 e. The lowest BCUT2D eigenvalue weighted by Crippen LogP contribution is -2.22. The highest BCUT2D eigenvalue weighted by molar-refractivity contribution is 7.99. The molecule has 0 aromatic heterocycles. The highest BCUT2D eigenvalue weighted by Gasteiger charge is 2.08. The molecule has 1 unspecified atom stereocenters. The van der Waals surface area contributed by atoms with E-state index in [9.17, 15) is 0 Å². The molecule has 0 radical (unpaired) electrons. The predicted octanol–water partition coefficient (Wildman–Crippen LogP) is 3.41. The molecular weight excluding hydrogens is 242 g/mol. The summed E-state index contributed by atoms with van der Waals surface area (Å²) in [5.41, 5.74) is 8.55. The molecule has 1 aromatic rings. The summed E-state index contributed by atoms with van der Waals surface area (Å²) in [6.45, 7) is 7.18. The lowest BCUT2D eigenvalue weighted by atomic mass is 10.0. The van der Waals surface area contributed by atoms with Crippen molar-refractivity contribution in [1.82, 2.24) is 0 Å². The first-order valence-corrected chi connectivity index (χ1v) is 7.88. The van der Waals surface area contributed by atoms with Gasteiger partial charge in [-0.1, -0.05) is 31.5 Å². The SMILES string of the molecule is CCSCCOc1ccc(C)cc1CC(N)CC. The van der Waals surface area contributed by atoms with E-state index < -0.39 is 0 Å². The van der Waals surface area contributed by atoms with Crippen LogP contribution in [0.2, 0.25) is 0 Å².